The van der Waals surface area contributed by atoms with Gasteiger partial charge in [-0.1, -0.05) is 24.3 Å². The molecule has 1 saturated heterocycles. The fraction of sp³-hybridized carbons (Fsp3) is 0.375. The van der Waals surface area contributed by atoms with E-state index in [1.165, 1.54) is 11.1 Å². The van der Waals surface area contributed by atoms with Gasteiger partial charge in [-0.25, -0.2) is 4.79 Å². The first kappa shape index (κ1) is 19.4. The lowest BCUT2D eigenvalue weighted by atomic mass is 9.89. The number of rotatable bonds is 4. The van der Waals surface area contributed by atoms with Crippen LogP contribution in [0, 0.1) is 20.8 Å². The molecule has 4 rings (SSSR count). The zero-order valence-corrected chi connectivity index (χ0v) is 17.4. The monoisotopic (exact) mass is 390 g/mol. The third kappa shape index (κ3) is 3.15. The Bertz CT molecular complexity index is 1060. The predicted molar refractivity (Wildman–Crippen MR) is 111 cm³/mol. The van der Waals surface area contributed by atoms with E-state index in [1.54, 1.807) is 6.92 Å². The van der Waals surface area contributed by atoms with E-state index >= 15 is 0 Å². The van der Waals surface area contributed by atoms with E-state index in [0.29, 0.717) is 5.56 Å². The number of fused-ring (bicyclic) bond motifs is 1. The quantitative estimate of drug-likeness (QED) is 0.639. The van der Waals surface area contributed by atoms with Crippen molar-refractivity contribution in [3.8, 4) is 0 Å². The maximum Gasteiger partial charge on any atom is 0.325 e. The molecule has 2 aromatic carbocycles. The topological polar surface area (TPSA) is 66.5 Å². The minimum atomic E-state index is -1.15. The van der Waals surface area contributed by atoms with Crippen LogP contribution in [0.1, 0.15) is 57.1 Å². The summed E-state index contributed by atoms with van der Waals surface area (Å²) in [6.07, 6.45) is 3.17. The summed E-state index contributed by atoms with van der Waals surface area (Å²) < 4.78 is 0. The van der Waals surface area contributed by atoms with Gasteiger partial charge in [0.25, 0.3) is 5.91 Å². The Labute approximate surface area is 171 Å². The Morgan fingerprint density at radius 1 is 1.00 bits per heavy atom. The highest BCUT2D eigenvalue weighted by molar-refractivity contribution is 6.11. The standard InChI is InChI=1S/C24H26N2O3/c1-14-10-16(3)20(11-15(14)2)21(27)13-26-22(28)24(4,25-23(26)29)19-9-8-17-6-5-7-18(17)12-19/h8-12H,5-7,13H2,1-4H3,(H,25,29). The fourth-order valence-electron chi connectivity index (χ4n) is 4.41. The van der Waals surface area contributed by atoms with Gasteiger partial charge >= 0.3 is 6.03 Å². The molecule has 1 unspecified atom stereocenters. The van der Waals surface area contributed by atoms with Gasteiger partial charge in [0, 0.05) is 5.56 Å². The number of hydrogen-bond acceptors (Lipinski definition) is 3. The molecular formula is C24H26N2O3. The van der Waals surface area contributed by atoms with Crippen LogP contribution in [0.4, 0.5) is 4.79 Å². The highest BCUT2D eigenvalue weighted by Crippen LogP contribution is 2.32. The number of nitrogens with zero attached hydrogens (tertiary/aromatic N) is 1. The van der Waals surface area contributed by atoms with Crippen LogP contribution in [0.5, 0.6) is 0 Å². The maximum atomic E-state index is 13.2. The zero-order valence-electron chi connectivity index (χ0n) is 17.4. The summed E-state index contributed by atoms with van der Waals surface area (Å²) in [5, 5.41) is 2.81. The van der Waals surface area contributed by atoms with E-state index in [9.17, 15) is 14.4 Å². The number of benzene rings is 2. The smallest absolute Gasteiger partial charge is 0.319 e. The number of aryl methyl sites for hydroxylation is 5. The van der Waals surface area contributed by atoms with Gasteiger partial charge in [-0.15, -0.1) is 0 Å². The Balaban J connectivity index is 1.60. The van der Waals surface area contributed by atoms with Gasteiger partial charge < -0.3 is 5.32 Å². The highest BCUT2D eigenvalue weighted by Gasteiger charge is 2.49. The number of ketones is 1. The largest absolute Gasteiger partial charge is 0.325 e. The molecule has 1 aliphatic carbocycles. The molecule has 0 radical (unpaired) electrons. The second kappa shape index (κ2) is 6.83. The third-order valence-corrected chi connectivity index (χ3v) is 6.39. The van der Waals surface area contributed by atoms with Crippen LogP contribution < -0.4 is 5.32 Å². The van der Waals surface area contributed by atoms with Crippen molar-refractivity contribution in [1.82, 2.24) is 10.2 Å². The van der Waals surface area contributed by atoms with Crippen molar-refractivity contribution in [1.29, 1.82) is 0 Å². The maximum absolute atomic E-state index is 13.2. The van der Waals surface area contributed by atoms with Gasteiger partial charge in [0.1, 0.15) is 5.54 Å². The molecule has 5 heteroatoms. The van der Waals surface area contributed by atoms with Gasteiger partial charge in [0.15, 0.2) is 5.78 Å². The highest BCUT2D eigenvalue weighted by atomic mass is 16.2. The first-order valence-electron chi connectivity index (χ1n) is 10.1. The fourth-order valence-corrected chi connectivity index (χ4v) is 4.41. The number of amides is 3. The Morgan fingerprint density at radius 3 is 2.45 bits per heavy atom. The minimum absolute atomic E-state index is 0.229. The summed E-state index contributed by atoms with van der Waals surface area (Å²) in [5.74, 6) is -0.609. The van der Waals surface area contributed by atoms with E-state index in [-0.39, 0.29) is 18.2 Å². The number of Topliss-reactive ketones (excluding diaryl/α,β-unsaturated/α-hetero) is 1. The molecule has 0 spiro atoms. The second-order valence-corrected chi connectivity index (χ2v) is 8.46. The average molecular weight is 390 g/mol. The van der Waals surface area contributed by atoms with Gasteiger partial charge in [-0.05, 0) is 86.4 Å². The lowest BCUT2D eigenvalue weighted by Crippen LogP contribution is -2.41. The van der Waals surface area contributed by atoms with Crippen LogP contribution in [-0.4, -0.2) is 29.2 Å². The molecule has 0 saturated carbocycles. The number of carbonyl (C=O) groups is 3. The number of carbonyl (C=O) groups excluding carboxylic acids is 3. The first-order valence-corrected chi connectivity index (χ1v) is 10.1. The van der Waals surface area contributed by atoms with Crippen molar-refractivity contribution in [2.75, 3.05) is 6.54 Å². The van der Waals surface area contributed by atoms with Gasteiger partial charge in [-0.2, -0.15) is 0 Å². The molecule has 5 nitrogen and oxygen atoms in total. The van der Waals surface area contributed by atoms with Crippen molar-refractivity contribution in [3.63, 3.8) is 0 Å². The van der Waals surface area contributed by atoms with E-state index in [1.807, 2.05) is 45.0 Å². The number of nitrogens with one attached hydrogen (secondary N) is 1. The molecule has 29 heavy (non-hydrogen) atoms. The molecule has 0 aromatic heterocycles. The molecular weight excluding hydrogens is 364 g/mol. The summed E-state index contributed by atoms with van der Waals surface area (Å²) >= 11 is 0. The van der Waals surface area contributed by atoms with Crippen molar-refractivity contribution >= 4 is 17.7 Å². The number of hydrogen-bond donors (Lipinski definition) is 1. The molecule has 1 atom stereocenters. The third-order valence-electron chi connectivity index (χ3n) is 6.39. The predicted octanol–water partition coefficient (Wildman–Crippen LogP) is 3.75. The second-order valence-electron chi connectivity index (χ2n) is 8.46. The molecule has 1 heterocycles. The summed E-state index contributed by atoms with van der Waals surface area (Å²) in [4.78, 5) is 39.8. The van der Waals surface area contributed by atoms with Crippen molar-refractivity contribution in [2.45, 2.75) is 52.5 Å². The molecule has 0 bridgehead atoms. The molecule has 2 aromatic rings. The van der Waals surface area contributed by atoms with Crippen LogP contribution in [-0.2, 0) is 23.2 Å². The van der Waals surface area contributed by atoms with Crippen molar-refractivity contribution in [2.24, 2.45) is 0 Å². The molecule has 1 N–H and O–H groups in total. The summed E-state index contributed by atoms with van der Waals surface area (Å²) in [6.45, 7) is 7.28. The van der Waals surface area contributed by atoms with E-state index in [2.05, 4.69) is 11.4 Å². The molecule has 150 valence electrons. The van der Waals surface area contributed by atoms with Crippen LogP contribution in [0.3, 0.4) is 0 Å². The number of imide groups is 1. The zero-order chi connectivity index (χ0) is 20.9. The van der Waals surface area contributed by atoms with E-state index in [4.69, 9.17) is 0 Å². The van der Waals surface area contributed by atoms with E-state index < -0.39 is 11.6 Å². The van der Waals surface area contributed by atoms with Gasteiger partial charge in [-0.3, -0.25) is 14.5 Å². The van der Waals surface area contributed by atoms with Gasteiger partial charge in [0.05, 0.1) is 6.54 Å². The van der Waals surface area contributed by atoms with Crippen LogP contribution >= 0.6 is 0 Å². The van der Waals surface area contributed by atoms with E-state index in [0.717, 1.165) is 46.4 Å². The molecule has 3 amide bonds. The van der Waals surface area contributed by atoms with Crippen molar-refractivity contribution < 1.29 is 14.4 Å². The average Bonchev–Trinajstić information content (AvgIpc) is 3.23. The summed E-state index contributed by atoms with van der Waals surface area (Å²) in [7, 11) is 0. The number of urea groups is 1. The Morgan fingerprint density at radius 2 is 1.69 bits per heavy atom. The minimum Gasteiger partial charge on any atom is -0.319 e. The van der Waals surface area contributed by atoms with Crippen LogP contribution in [0.2, 0.25) is 0 Å². The van der Waals surface area contributed by atoms with Crippen LogP contribution in [0.25, 0.3) is 0 Å². The Kier molecular flexibility index (Phi) is 4.56. The first-order chi connectivity index (χ1) is 13.7. The molecule has 2 aliphatic rings. The molecule has 1 aliphatic heterocycles. The molecule has 1 fully saturated rings. The van der Waals surface area contributed by atoms with Gasteiger partial charge in [0.2, 0.25) is 0 Å². The summed E-state index contributed by atoms with van der Waals surface area (Å²) in [6, 6.07) is 9.27. The normalized spacial score (nSPS) is 20.8. The van der Waals surface area contributed by atoms with Crippen molar-refractivity contribution in [3.05, 3.63) is 69.3 Å². The Hall–Kier alpha value is -2.95. The summed E-state index contributed by atoms with van der Waals surface area (Å²) in [5.41, 5.74) is 5.71. The SMILES string of the molecule is Cc1cc(C)c(C(=O)CN2C(=O)NC(C)(c3ccc4c(c3)CCC4)C2=O)cc1C. The lowest BCUT2D eigenvalue weighted by Gasteiger charge is -2.23. The van der Waals surface area contributed by atoms with Crippen LogP contribution in [0.15, 0.2) is 30.3 Å². The lowest BCUT2D eigenvalue weighted by molar-refractivity contribution is -0.130.